The molecule has 2 heterocycles. The molecule has 1 aliphatic rings. The van der Waals surface area contributed by atoms with Gasteiger partial charge in [-0.05, 0) is 32.3 Å². The molecule has 2 aromatic heterocycles. The molecule has 1 N–H and O–H groups in total. The summed E-state index contributed by atoms with van der Waals surface area (Å²) in [6.45, 7) is 5.06. The second-order valence-electron chi connectivity index (χ2n) is 5.07. The third-order valence-electron chi connectivity index (χ3n) is 3.19. The fourth-order valence-corrected chi connectivity index (χ4v) is 1.98. The Hall–Kier alpha value is -1.91. The fraction of sp³-hybridized carbons (Fsp3) is 0.500. The van der Waals surface area contributed by atoms with Gasteiger partial charge in [-0.1, -0.05) is 6.92 Å². The van der Waals surface area contributed by atoms with Crippen molar-refractivity contribution in [1.29, 1.82) is 0 Å². The van der Waals surface area contributed by atoms with Crippen molar-refractivity contribution in [3.63, 3.8) is 0 Å². The summed E-state index contributed by atoms with van der Waals surface area (Å²) in [6, 6.07) is 3.95. The Balaban J connectivity index is 1.95. The van der Waals surface area contributed by atoms with Crippen molar-refractivity contribution in [3.05, 3.63) is 29.8 Å². The van der Waals surface area contributed by atoms with Gasteiger partial charge in [0, 0.05) is 24.7 Å². The molecule has 0 radical (unpaired) electrons. The maximum absolute atomic E-state index is 4.64. The minimum absolute atomic E-state index is 0.541. The van der Waals surface area contributed by atoms with E-state index in [0.717, 1.165) is 36.1 Å². The second kappa shape index (κ2) is 4.99. The third kappa shape index (κ3) is 2.75. The van der Waals surface area contributed by atoms with Crippen LogP contribution in [0.3, 0.4) is 0 Å². The minimum Gasteiger partial charge on any atom is -0.370 e. The average Bonchev–Trinajstić information content (AvgIpc) is 3.18. The minimum atomic E-state index is 0.541. The summed E-state index contributed by atoms with van der Waals surface area (Å²) < 4.78 is 1.82. The second-order valence-corrected chi connectivity index (χ2v) is 5.07. The number of nitrogens with zero attached hydrogens (tertiary/aromatic N) is 4. The molecule has 19 heavy (non-hydrogen) atoms. The van der Waals surface area contributed by atoms with Gasteiger partial charge in [0.15, 0.2) is 5.82 Å². The molecule has 0 aromatic carbocycles. The number of aryl methyl sites for hydroxylation is 1. The van der Waals surface area contributed by atoms with E-state index in [2.05, 4.69) is 27.3 Å². The van der Waals surface area contributed by atoms with Crippen LogP contribution in [-0.4, -0.2) is 26.3 Å². The molecule has 0 unspecified atom stereocenters. The smallest absolute Gasteiger partial charge is 0.159 e. The zero-order chi connectivity index (χ0) is 13.2. The topological polar surface area (TPSA) is 55.6 Å². The largest absolute Gasteiger partial charge is 0.370 e. The van der Waals surface area contributed by atoms with Crippen molar-refractivity contribution < 1.29 is 0 Å². The summed E-state index contributed by atoms with van der Waals surface area (Å²) in [6.07, 6.45) is 5.43. The molecule has 0 saturated heterocycles. The van der Waals surface area contributed by atoms with Crippen molar-refractivity contribution >= 4 is 5.82 Å². The Morgan fingerprint density at radius 3 is 2.84 bits per heavy atom. The Kier molecular flexibility index (Phi) is 3.19. The van der Waals surface area contributed by atoms with Gasteiger partial charge in [0.1, 0.15) is 11.6 Å². The van der Waals surface area contributed by atoms with Crippen LogP contribution in [0, 0.1) is 6.92 Å². The highest BCUT2D eigenvalue weighted by atomic mass is 15.3. The molecule has 0 atom stereocenters. The van der Waals surface area contributed by atoms with E-state index in [1.807, 2.05) is 29.9 Å². The maximum atomic E-state index is 4.64. The first kappa shape index (κ1) is 12.1. The summed E-state index contributed by atoms with van der Waals surface area (Å²) in [7, 11) is 0. The van der Waals surface area contributed by atoms with Crippen molar-refractivity contribution in [1.82, 2.24) is 19.7 Å². The Labute approximate surface area is 113 Å². The highest BCUT2D eigenvalue weighted by molar-refractivity contribution is 5.42. The van der Waals surface area contributed by atoms with Gasteiger partial charge < -0.3 is 5.32 Å². The molecule has 0 amide bonds. The van der Waals surface area contributed by atoms with Gasteiger partial charge in [0.25, 0.3) is 0 Å². The number of hydrogen-bond acceptors (Lipinski definition) is 4. The SMILES string of the molecule is CCCNc1cc(-n2ccc(C)n2)nc(C2CC2)n1. The van der Waals surface area contributed by atoms with Gasteiger partial charge in [-0.3, -0.25) is 0 Å². The number of hydrogen-bond donors (Lipinski definition) is 1. The van der Waals surface area contributed by atoms with Crippen LogP contribution in [0.2, 0.25) is 0 Å². The Bertz CT molecular complexity index is 571. The predicted octanol–water partition coefficient (Wildman–Crippen LogP) is 2.67. The number of aromatic nitrogens is 4. The highest BCUT2D eigenvalue weighted by Gasteiger charge is 2.27. The average molecular weight is 257 g/mol. The Morgan fingerprint density at radius 1 is 1.37 bits per heavy atom. The van der Waals surface area contributed by atoms with Crippen LogP contribution in [-0.2, 0) is 0 Å². The summed E-state index contributed by atoms with van der Waals surface area (Å²) in [4.78, 5) is 9.24. The lowest BCUT2D eigenvalue weighted by Gasteiger charge is -2.09. The molecule has 5 heteroatoms. The van der Waals surface area contributed by atoms with Crippen LogP contribution < -0.4 is 5.32 Å². The van der Waals surface area contributed by atoms with Gasteiger partial charge >= 0.3 is 0 Å². The van der Waals surface area contributed by atoms with Crippen LogP contribution in [0.25, 0.3) is 5.82 Å². The van der Waals surface area contributed by atoms with E-state index in [1.165, 1.54) is 12.8 Å². The van der Waals surface area contributed by atoms with E-state index in [4.69, 9.17) is 0 Å². The molecule has 0 bridgehead atoms. The summed E-state index contributed by atoms with van der Waals surface area (Å²) in [5.41, 5.74) is 0.995. The van der Waals surface area contributed by atoms with Crippen LogP contribution in [0.5, 0.6) is 0 Å². The third-order valence-corrected chi connectivity index (χ3v) is 3.19. The van der Waals surface area contributed by atoms with Crippen molar-refractivity contribution in [2.75, 3.05) is 11.9 Å². The van der Waals surface area contributed by atoms with E-state index < -0.39 is 0 Å². The highest BCUT2D eigenvalue weighted by Crippen LogP contribution is 2.38. The molecule has 100 valence electrons. The molecular weight excluding hydrogens is 238 g/mol. The van der Waals surface area contributed by atoms with Crippen molar-refractivity contribution in [2.24, 2.45) is 0 Å². The van der Waals surface area contributed by atoms with Gasteiger partial charge in [-0.25, -0.2) is 14.6 Å². The normalized spacial score (nSPS) is 14.6. The van der Waals surface area contributed by atoms with Crippen LogP contribution in [0.4, 0.5) is 5.82 Å². The molecule has 2 aromatic rings. The molecule has 5 nitrogen and oxygen atoms in total. The molecule has 1 fully saturated rings. The van der Waals surface area contributed by atoms with E-state index in [9.17, 15) is 0 Å². The fourth-order valence-electron chi connectivity index (χ4n) is 1.98. The predicted molar refractivity (Wildman–Crippen MR) is 74.6 cm³/mol. The van der Waals surface area contributed by atoms with E-state index >= 15 is 0 Å². The number of rotatable bonds is 5. The van der Waals surface area contributed by atoms with Crippen LogP contribution >= 0.6 is 0 Å². The molecule has 1 aliphatic carbocycles. The lowest BCUT2D eigenvalue weighted by molar-refractivity contribution is 0.799. The lowest BCUT2D eigenvalue weighted by atomic mass is 10.3. The standard InChI is InChI=1S/C14H19N5/c1-3-7-15-12-9-13(19-8-6-10(2)18-19)17-14(16-12)11-4-5-11/h6,8-9,11H,3-5,7H2,1-2H3,(H,15,16,17). The van der Waals surface area contributed by atoms with Crippen molar-refractivity contribution in [2.45, 2.75) is 39.0 Å². The molecule has 0 spiro atoms. The van der Waals surface area contributed by atoms with Crippen LogP contribution in [0.1, 0.15) is 43.6 Å². The Morgan fingerprint density at radius 2 is 2.21 bits per heavy atom. The molecular formula is C14H19N5. The van der Waals surface area contributed by atoms with Gasteiger partial charge in [0.2, 0.25) is 0 Å². The quantitative estimate of drug-likeness (QED) is 0.894. The zero-order valence-electron chi connectivity index (χ0n) is 11.4. The first-order chi connectivity index (χ1) is 9.26. The summed E-state index contributed by atoms with van der Waals surface area (Å²) in [5.74, 6) is 3.24. The molecule has 0 aliphatic heterocycles. The van der Waals surface area contributed by atoms with Crippen LogP contribution in [0.15, 0.2) is 18.3 Å². The molecule has 1 saturated carbocycles. The summed E-state index contributed by atoms with van der Waals surface area (Å²) in [5, 5.41) is 7.76. The van der Waals surface area contributed by atoms with E-state index in [1.54, 1.807) is 0 Å². The first-order valence-electron chi connectivity index (χ1n) is 6.92. The summed E-state index contributed by atoms with van der Waals surface area (Å²) >= 11 is 0. The number of anilines is 1. The molecule has 3 rings (SSSR count). The van der Waals surface area contributed by atoms with Gasteiger partial charge in [-0.15, -0.1) is 0 Å². The first-order valence-corrected chi connectivity index (χ1v) is 6.92. The van der Waals surface area contributed by atoms with Gasteiger partial charge in [0.05, 0.1) is 5.69 Å². The number of nitrogens with one attached hydrogen (secondary N) is 1. The van der Waals surface area contributed by atoms with E-state index in [-0.39, 0.29) is 0 Å². The monoisotopic (exact) mass is 257 g/mol. The lowest BCUT2D eigenvalue weighted by Crippen LogP contribution is -2.08. The maximum Gasteiger partial charge on any atom is 0.159 e. The van der Waals surface area contributed by atoms with Crippen molar-refractivity contribution in [3.8, 4) is 5.82 Å². The van der Waals surface area contributed by atoms with E-state index in [0.29, 0.717) is 5.92 Å². The zero-order valence-corrected chi connectivity index (χ0v) is 11.4. The van der Waals surface area contributed by atoms with Gasteiger partial charge in [-0.2, -0.15) is 5.10 Å².